The Hall–Kier alpha value is -1.91. The van der Waals surface area contributed by atoms with Crippen LogP contribution in [0.15, 0.2) is 29.2 Å². The predicted octanol–water partition coefficient (Wildman–Crippen LogP) is 4.42. The van der Waals surface area contributed by atoms with Crippen LogP contribution in [0.2, 0.25) is 0 Å². The van der Waals surface area contributed by atoms with Crippen LogP contribution in [0.4, 0.5) is 58.4 Å². The van der Waals surface area contributed by atoms with Gasteiger partial charge in [-0.25, -0.2) is 8.78 Å². The molecule has 17 heteroatoms. The van der Waals surface area contributed by atoms with Crippen LogP contribution < -0.4 is 5.73 Å². The molecule has 0 fully saturated rings. The summed E-state index contributed by atoms with van der Waals surface area (Å²) in [6.45, 7) is -3.22. The minimum Gasteiger partial charge on any atom is -0.399 e. The van der Waals surface area contributed by atoms with E-state index in [1.807, 2.05) is 0 Å². The lowest BCUT2D eigenvalue weighted by Crippen LogP contribution is -2.69. The highest BCUT2D eigenvalue weighted by molar-refractivity contribution is 7.86. The van der Waals surface area contributed by atoms with E-state index in [-0.39, 0.29) is 5.69 Å². The summed E-state index contributed by atoms with van der Waals surface area (Å²) in [4.78, 5) is -1.00. The van der Waals surface area contributed by atoms with E-state index in [4.69, 9.17) is 5.73 Å². The molecule has 174 valence electrons. The van der Waals surface area contributed by atoms with Crippen LogP contribution in [-0.4, -0.2) is 51.1 Å². The van der Waals surface area contributed by atoms with Crippen LogP contribution in [0, 0.1) is 0 Å². The van der Waals surface area contributed by atoms with E-state index >= 15 is 0 Å². The van der Waals surface area contributed by atoms with E-state index in [2.05, 4.69) is 4.18 Å². The Bertz CT molecular complexity index is 855. The Morgan fingerprint density at radius 2 is 1.23 bits per heavy atom. The second-order valence-corrected chi connectivity index (χ2v) is 7.25. The van der Waals surface area contributed by atoms with Gasteiger partial charge in [0.25, 0.3) is 10.1 Å². The molecule has 1 aromatic carbocycles. The van der Waals surface area contributed by atoms with Crippen LogP contribution in [0.5, 0.6) is 0 Å². The Morgan fingerprint density at radius 1 is 0.800 bits per heavy atom. The number of rotatable bonds is 9. The summed E-state index contributed by atoms with van der Waals surface area (Å²) in [5, 5.41) is 0. The molecule has 0 unspecified atom stereocenters. The first-order chi connectivity index (χ1) is 13.1. The zero-order valence-electron chi connectivity index (χ0n) is 13.8. The largest absolute Gasteiger partial charge is 0.399 e. The third-order valence-electron chi connectivity index (χ3n) is 3.50. The van der Waals surface area contributed by atoms with Crippen molar-refractivity contribution in [1.29, 1.82) is 0 Å². The molecule has 0 amide bonds. The molecular formula is C13H9F12NO3S. The molecule has 30 heavy (non-hydrogen) atoms. The first-order valence-electron chi connectivity index (χ1n) is 7.07. The number of nitrogens with two attached hydrogens (primary N) is 1. The maximum absolute atomic E-state index is 13.5. The fourth-order valence-corrected chi connectivity index (χ4v) is 2.63. The Kier molecular flexibility index (Phi) is 6.66. The molecule has 1 aromatic rings. The standard InChI is InChI=1S/C13H9F12NO3S/c14-8(15)10(18,19)12(22,23)13(24,25)11(20,21)9(16,17)5-29-30(27,28)7-3-1-6(26)2-4-7/h1-4,8H,5,26H2. The zero-order valence-corrected chi connectivity index (χ0v) is 14.7. The molecule has 4 nitrogen and oxygen atoms in total. The normalized spacial score (nSPS) is 15.0. The van der Waals surface area contributed by atoms with Gasteiger partial charge in [-0.2, -0.15) is 52.3 Å². The highest BCUT2D eigenvalue weighted by Gasteiger charge is 2.87. The van der Waals surface area contributed by atoms with Crippen LogP contribution in [-0.2, 0) is 14.3 Å². The summed E-state index contributed by atoms with van der Waals surface area (Å²) in [7, 11) is -5.36. The number of nitrogen functional groups attached to an aromatic ring is 1. The Morgan fingerprint density at radius 3 is 1.63 bits per heavy atom. The molecule has 0 saturated carbocycles. The lowest BCUT2D eigenvalue weighted by atomic mass is 9.95. The van der Waals surface area contributed by atoms with Gasteiger partial charge in [0.1, 0.15) is 6.61 Å². The molecule has 0 bridgehead atoms. The smallest absolute Gasteiger partial charge is 0.384 e. The van der Waals surface area contributed by atoms with Gasteiger partial charge in [0, 0.05) is 5.69 Å². The predicted molar refractivity (Wildman–Crippen MR) is 74.7 cm³/mol. The van der Waals surface area contributed by atoms with E-state index in [1.165, 1.54) is 0 Å². The number of hydrogen-bond donors (Lipinski definition) is 1. The first-order valence-corrected chi connectivity index (χ1v) is 8.48. The van der Waals surface area contributed by atoms with Crippen LogP contribution in [0.25, 0.3) is 0 Å². The van der Waals surface area contributed by atoms with Gasteiger partial charge < -0.3 is 5.73 Å². The molecular weight excluding hydrogens is 478 g/mol. The van der Waals surface area contributed by atoms with Gasteiger partial charge in [-0.3, -0.25) is 4.18 Å². The average molecular weight is 487 g/mol. The molecule has 0 heterocycles. The van der Waals surface area contributed by atoms with Crippen LogP contribution in [0.3, 0.4) is 0 Å². The second-order valence-electron chi connectivity index (χ2n) is 5.64. The number of hydrogen-bond acceptors (Lipinski definition) is 4. The van der Waals surface area contributed by atoms with Crippen LogP contribution in [0.1, 0.15) is 0 Å². The fraction of sp³-hybridized carbons (Fsp3) is 0.538. The van der Waals surface area contributed by atoms with Gasteiger partial charge in [0.2, 0.25) is 0 Å². The quantitative estimate of drug-likeness (QED) is 0.318. The number of alkyl halides is 12. The van der Waals surface area contributed by atoms with Crippen molar-refractivity contribution in [1.82, 2.24) is 0 Å². The highest BCUT2D eigenvalue weighted by Crippen LogP contribution is 2.58. The van der Waals surface area contributed by atoms with E-state index < -0.39 is 57.7 Å². The van der Waals surface area contributed by atoms with Crippen molar-refractivity contribution in [2.24, 2.45) is 0 Å². The third-order valence-corrected chi connectivity index (χ3v) is 4.78. The third kappa shape index (κ3) is 4.13. The lowest BCUT2D eigenvalue weighted by Gasteiger charge is -2.38. The average Bonchev–Trinajstić information content (AvgIpc) is 2.59. The van der Waals surface area contributed by atoms with Gasteiger partial charge in [-0.1, -0.05) is 0 Å². The molecule has 0 aliphatic carbocycles. The summed E-state index contributed by atoms with van der Waals surface area (Å²) in [5.74, 6) is -36.6. The summed E-state index contributed by atoms with van der Waals surface area (Å²) >= 11 is 0. The van der Waals surface area contributed by atoms with E-state index in [1.54, 1.807) is 0 Å². The fourth-order valence-electron chi connectivity index (χ4n) is 1.72. The van der Waals surface area contributed by atoms with Crippen molar-refractivity contribution in [2.75, 3.05) is 12.3 Å². The maximum Gasteiger partial charge on any atom is 0.384 e. The van der Waals surface area contributed by atoms with Crippen molar-refractivity contribution in [3.63, 3.8) is 0 Å². The molecule has 0 saturated heterocycles. The molecule has 2 N–H and O–H groups in total. The maximum atomic E-state index is 13.5. The van der Waals surface area contributed by atoms with Crippen molar-refractivity contribution < 1.29 is 65.3 Å². The van der Waals surface area contributed by atoms with E-state index in [9.17, 15) is 61.1 Å². The minimum atomic E-state index is -7.77. The molecule has 0 spiro atoms. The summed E-state index contributed by atoms with van der Waals surface area (Å²) in [6.07, 6.45) is -5.63. The van der Waals surface area contributed by atoms with Gasteiger partial charge in [0.15, 0.2) is 0 Å². The molecule has 1 rings (SSSR count). The Balaban J connectivity index is 3.24. The zero-order chi connectivity index (χ0) is 24.0. The van der Waals surface area contributed by atoms with Crippen molar-refractivity contribution in [2.45, 2.75) is 40.9 Å². The van der Waals surface area contributed by atoms with Gasteiger partial charge in [-0.15, -0.1) is 0 Å². The summed E-state index contributed by atoms with van der Waals surface area (Å²) < 4.78 is 183. The van der Waals surface area contributed by atoms with E-state index in [0.29, 0.717) is 12.1 Å². The molecule has 0 atom stereocenters. The van der Waals surface area contributed by atoms with Gasteiger partial charge >= 0.3 is 36.0 Å². The second kappa shape index (κ2) is 7.65. The molecule has 0 aliphatic rings. The monoisotopic (exact) mass is 487 g/mol. The van der Waals surface area contributed by atoms with E-state index in [0.717, 1.165) is 12.1 Å². The molecule has 0 aromatic heterocycles. The van der Waals surface area contributed by atoms with Crippen molar-refractivity contribution >= 4 is 15.8 Å². The topological polar surface area (TPSA) is 69.4 Å². The molecule has 0 aliphatic heterocycles. The first kappa shape index (κ1) is 26.1. The van der Waals surface area contributed by atoms with Gasteiger partial charge in [-0.05, 0) is 24.3 Å². The molecule has 0 radical (unpaired) electrons. The Labute approximate surface area is 159 Å². The summed E-state index contributed by atoms with van der Waals surface area (Å²) in [5.41, 5.74) is 5.13. The van der Waals surface area contributed by atoms with Crippen molar-refractivity contribution in [3.8, 4) is 0 Å². The highest BCUT2D eigenvalue weighted by atomic mass is 32.2. The SMILES string of the molecule is Nc1ccc(S(=O)(=O)OCC(F)(F)C(F)(F)C(F)(F)C(F)(F)C(F)(F)C(F)F)cc1. The summed E-state index contributed by atoms with van der Waals surface area (Å²) in [6, 6.07) is 2.94. The number of anilines is 1. The van der Waals surface area contributed by atoms with Crippen molar-refractivity contribution in [3.05, 3.63) is 24.3 Å². The number of benzene rings is 1. The van der Waals surface area contributed by atoms with Crippen LogP contribution >= 0.6 is 0 Å². The minimum absolute atomic E-state index is 0.0624. The lowest BCUT2D eigenvalue weighted by molar-refractivity contribution is -0.414. The van der Waals surface area contributed by atoms with Gasteiger partial charge in [0.05, 0.1) is 4.90 Å². The number of halogens is 12.